The number of aliphatic carboxylic acids is 1. The van der Waals surface area contributed by atoms with Crippen LogP contribution < -0.4 is 22.1 Å². The smallest absolute Gasteiger partial charge is 0.326 e. The molecule has 1 saturated heterocycles. The van der Waals surface area contributed by atoms with E-state index in [1.54, 1.807) is 12.1 Å². The van der Waals surface area contributed by atoms with Crippen molar-refractivity contribution < 1.29 is 34.2 Å². The molecule has 0 saturated carbocycles. The van der Waals surface area contributed by atoms with Gasteiger partial charge < -0.3 is 37.2 Å². The van der Waals surface area contributed by atoms with Crippen LogP contribution >= 0.6 is 11.8 Å². The number of amides is 4. The summed E-state index contributed by atoms with van der Waals surface area (Å²) in [5.74, 6) is -3.19. The first-order valence-electron chi connectivity index (χ1n) is 11.5. The summed E-state index contributed by atoms with van der Waals surface area (Å²) < 4.78 is 0. The van der Waals surface area contributed by atoms with Crippen LogP contribution in [-0.4, -0.2) is 87.4 Å². The summed E-state index contributed by atoms with van der Waals surface area (Å²) in [5.41, 5.74) is 11.4. The predicted molar refractivity (Wildman–Crippen MR) is 133 cm³/mol. The van der Waals surface area contributed by atoms with Crippen molar-refractivity contribution >= 4 is 41.4 Å². The van der Waals surface area contributed by atoms with Crippen molar-refractivity contribution in [2.24, 2.45) is 11.5 Å². The highest BCUT2D eigenvalue weighted by Gasteiger charge is 2.39. The summed E-state index contributed by atoms with van der Waals surface area (Å²) in [7, 11) is 0. The molecule has 0 radical (unpaired) electrons. The lowest BCUT2D eigenvalue weighted by atomic mass is 10.0. The second kappa shape index (κ2) is 13.7. The fourth-order valence-electron chi connectivity index (χ4n) is 3.92. The van der Waals surface area contributed by atoms with E-state index in [4.69, 9.17) is 11.5 Å². The maximum atomic E-state index is 13.3. The van der Waals surface area contributed by atoms with Crippen molar-refractivity contribution in [3.8, 4) is 5.75 Å². The Morgan fingerprint density at radius 3 is 2.39 bits per heavy atom. The number of phenolic OH excluding ortho intramolecular Hbond substituents is 1. The molecule has 1 fully saturated rings. The molecule has 4 atom stereocenters. The van der Waals surface area contributed by atoms with Gasteiger partial charge in [-0.1, -0.05) is 12.1 Å². The van der Waals surface area contributed by atoms with Gasteiger partial charge in [-0.25, -0.2) is 4.79 Å². The quantitative estimate of drug-likeness (QED) is 0.186. The molecule has 0 spiro atoms. The molecule has 0 bridgehead atoms. The Morgan fingerprint density at radius 2 is 1.81 bits per heavy atom. The zero-order chi connectivity index (χ0) is 26.8. The van der Waals surface area contributed by atoms with Crippen LogP contribution in [0.2, 0.25) is 0 Å². The van der Waals surface area contributed by atoms with Gasteiger partial charge in [-0.15, -0.1) is 0 Å². The minimum Gasteiger partial charge on any atom is -0.508 e. The van der Waals surface area contributed by atoms with E-state index in [1.165, 1.54) is 28.8 Å². The molecule has 0 aliphatic carbocycles. The Hall–Kier alpha value is -3.32. The van der Waals surface area contributed by atoms with Crippen molar-refractivity contribution in [1.29, 1.82) is 0 Å². The summed E-state index contributed by atoms with van der Waals surface area (Å²) in [4.78, 5) is 63.0. The normalized spacial score (nSPS) is 17.6. The van der Waals surface area contributed by atoms with E-state index in [2.05, 4.69) is 10.6 Å². The van der Waals surface area contributed by atoms with Crippen LogP contribution in [0.15, 0.2) is 24.3 Å². The number of carbonyl (C=O) groups excluding carboxylic acids is 4. The summed E-state index contributed by atoms with van der Waals surface area (Å²) in [6.07, 6.45) is 2.61. The zero-order valence-electron chi connectivity index (χ0n) is 20.0. The third kappa shape index (κ3) is 8.41. The van der Waals surface area contributed by atoms with Crippen molar-refractivity contribution in [3.05, 3.63) is 29.8 Å². The number of nitrogens with one attached hydrogen (secondary N) is 2. The van der Waals surface area contributed by atoms with Gasteiger partial charge in [0.1, 0.15) is 23.9 Å². The second-order valence-corrected chi connectivity index (χ2v) is 9.56. The average Bonchev–Trinajstić information content (AvgIpc) is 3.31. The number of nitrogens with zero attached hydrogens (tertiary/aromatic N) is 1. The molecule has 2 rings (SSSR count). The van der Waals surface area contributed by atoms with E-state index in [0.29, 0.717) is 24.2 Å². The van der Waals surface area contributed by atoms with E-state index in [-0.39, 0.29) is 31.6 Å². The van der Waals surface area contributed by atoms with Crippen molar-refractivity contribution in [2.75, 3.05) is 18.6 Å². The Morgan fingerprint density at radius 1 is 1.14 bits per heavy atom. The monoisotopic (exact) mass is 523 g/mol. The van der Waals surface area contributed by atoms with E-state index in [1.807, 2.05) is 6.26 Å². The Kier molecular flexibility index (Phi) is 11.0. The molecule has 1 aromatic carbocycles. The first kappa shape index (κ1) is 28.9. The molecule has 12 nitrogen and oxygen atoms in total. The van der Waals surface area contributed by atoms with Crippen LogP contribution in [0.5, 0.6) is 5.75 Å². The highest BCUT2D eigenvalue weighted by molar-refractivity contribution is 7.98. The molecular weight excluding hydrogens is 490 g/mol. The largest absolute Gasteiger partial charge is 0.508 e. The summed E-state index contributed by atoms with van der Waals surface area (Å²) >= 11 is 1.47. The summed E-state index contributed by atoms with van der Waals surface area (Å²) in [5, 5.41) is 24.1. The van der Waals surface area contributed by atoms with E-state index in [0.717, 1.165) is 0 Å². The van der Waals surface area contributed by atoms with Gasteiger partial charge in [-0.3, -0.25) is 19.2 Å². The van der Waals surface area contributed by atoms with Crippen LogP contribution in [0.3, 0.4) is 0 Å². The van der Waals surface area contributed by atoms with Gasteiger partial charge in [0.15, 0.2) is 0 Å². The van der Waals surface area contributed by atoms with Crippen molar-refractivity contribution in [2.45, 2.75) is 56.3 Å². The average molecular weight is 524 g/mol. The molecule has 36 heavy (non-hydrogen) atoms. The summed E-state index contributed by atoms with van der Waals surface area (Å²) in [6.45, 7) is 0.269. The number of aromatic hydroxyl groups is 1. The van der Waals surface area contributed by atoms with Gasteiger partial charge in [0.25, 0.3) is 0 Å². The number of hydrogen-bond acceptors (Lipinski definition) is 8. The lowest BCUT2D eigenvalue weighted by Crippen LogP contribution is -2.57. The third-order valence-electron chi connectivity index (χ3n) is 5.81. The maximum Gasteiger partial charge on any atom is 0.326 e. The molecule has 8 N–H and O–H groups in total. The number of hydrogen-bond donors (Lipinski definition) is 6. The van der Waals surface area contributed by atoms with Crippen LogP contribution in [0.25, 0.3) is 0 Å². The lowest BCUT2D eigenvalue weighted by molar-refractivity contribution is -0.145. The molecule has 1 aliphatic rings. The Bertz CT molecular complexity index is 959. The number of benzene rings is 1. The van der Waals surface area contributed by atoms with Gasteiger partial charge in [0.05, 0.1) is 12.5 Å². The zero-order valence-corrected chi connectivity index (χ0v) is 20.8. The fourth-order valence-corrected chi connectivity index (χ4v) is 4.39. The number of likely N-dealkylation sites (tertiary alicyclic amines) is 1. The number of nitrogens with two attached hydrogens (primary N) is 2. The molecule has 1 heterocycles. The maximum absolute atomic E-state index is 13.3. The number of primary amides is 1. The number of carboxylic acid groups (broad SMARTS) is 1. The first-order chi connectivity index (χ1) is 17.0. The first-order valence-corrected chi connectivity index (χ1v) is 12.9. The molecule has 1 aliphatic heterocycles. The van der Waals surface area contributed by atoms with E-state index < -0.39 is 53.8 Å². The number of phenols is 1. The van der Waals surface area contributed by atoms with Crippen LogP contribution in [0, 0.1) is 0 Å². The third-order valence-corrected chi connectivity index (χ3v) is 6.46. The number of carbonyl (C=O) groups is 5. The fraction of sp³-hybridized carbons (Fsp3) is 0.522. The van der Waals surface area contributed by atoms with E-state index in [9.17, 15) is 34.2 Å². The van der Waals surface area contributed by atoms with Crippen molar-refractivity contribution in [3.63, 3.8) is 0 Å². The van der Waals surface area contributed by atoms with Gasteiger partial charge in [-0.05, 0) is 49.0 Å². The molecule has 0 aromatic heterocycles. The number of rotatable bonds is 13. The minimum atomic E-state index is -1.24. The topological polar surface area (TPSA) is 205 Å². The van der Waals surface area contributed by atoms with Crippen LogP contribution in [0.4, 0.5) is 0 Å². The standard InChI is InChI=1S/C23H33N5O7S/c1-36-10-8-16(26-20(31)15(24)12-19(25)30)22(33)28-9-2-3-18(28)21(32)27-17(23(34)35)11-13-4-6-14(29)7-5-13/h4-7,15-18,29H,2-3,8-12,24H2,1H3,(H2,25,30)(H,26,31)(H,27,32)(H,34,35). The molecule has 13 heteroatoms. The van der Waals surface area contributed by atoms with Crippen molar-refractivity contribution in [1.82, 2.24) is 15.5 Å². The van der Waals surface area contributed by atoms with Gasteiger partial charge in [0.2, 0.25) is 23.6 Å². The van der Waals surface area contributed by atoms with Crippen LogP contribution in [-0.2, 0) is 30.4 Å². The number of carboxylic acids is 1. The minimum absolute atomic E-state index is 0.00776. The highest BCUT2D eigenvalue weighted by atomic mass is 32.2. The number of thioether (sulfide) groups is 1. The SMILES string of the molecule is CSCCC(NC(=O)C(N)CC(N)=O)C(=O)N1CCCC1C(=O)NC(Cc1ccc(O)cc1)C(=O)O. The highest BCUT2D eigenvalue weighted by Crippen LogP contribution is 2.20. The lowest BCUT2D eigenvalue weighted by Gasteiger charge is -2.30. The molecule has 4 unspecified atom stereocenters. The molecular formula is C23H33N5O7S. The Balaban J connectivity index is 2.11. The van der Waals surface area contributed by atoms with Crippen LogP contribution in [0.1, 0.15) is 31.2 Å². The Labute approximate surface area is 213 Å². The second-order valence-electron chi connectivity index (χ2n) is 8.58. The summed E-state index contributed by atoms with van der Waals surface area (Å²) in [6, 6.07) is 1.66. The molecule has 1 aromatic rings. The molecule has 198 valence electrons. The van der Waals surface area contributed by atoms with E-state index >= 15 is 0 Å². The molecule has 4 amide bonds. The van der Waals surface area contributed by atoms with Gasteiger partial charge >= 0.3 is 5.97 Å². The van der Waals surface area contributed by atoms with Gasteiger partial charge in [0, 0.05) is 13.0 Å². The predicted octanol–water partition coefficient (Wildman–Crippen LogP) is -1.06. The van der Waals surface area contributed by atoms with Gasteiger partial charge in [-0.2, -0.15) is 11.8 Å².